The van der Waals surface area contributed by atoms with Gasteiger partial charge < -0.3 is 5.11 Å². The first-order valence-electron chi connectivity index (χ1n) is 9.28. The van der Waals surface area contributed by atoms with Gasteiger partial charge in [0.1, 0.15) is 11.6 Å². The second-order valence-corrected chi connectivity index (χ2v) is 6.98. The Morgan fingerprint density at radius 2 is 1.89 bits per heavy atom. The van der Waals surface area contributed by atoms with Crippen molar-refractivity contribution in [3.63, 3.8) is 0 Å². The zero-order valence-corrected chi connectivity index (χ0v) is 16.2. The smallest absolute Gasteiger partial charge is 0.271 e. The molecule has 0 fully saturated rings. The highest BCUT2D eigenvalue weighted by atomic mass is 16.3. The molecule has 0 aliphatic rings. The van der Waals surface area contributed by atoms with Gasteiger partial charge in [-0.25, -0.2) is 0 Å². The number of rotatable bonds is 5. The van der Waals surface area contributed by atoms with Gasteiger partial charge in [0.05, 0.1) is 5.56 Å². The Morgan fingerprint density at radius 3 is 2.57 bits per heavy atom. The summed E-state index contributed by atoms with van der Waals surface area (Å²) < 4.78 is 1.15. The van der Waals surface area contributed by atoms with Crippen molar-refractivity contribution in [2.24, 2.45) is 0 Å². The van der Waals surface area contributed by atoms with Crippen molar-refractivity contribution >= 4 is 16.6 Å². The molecule has 0 aliphatic heterocycles. The van der Waals surface area contributed by atoms with Crippen LogP contribution < -0.4 is 5.56 Å². The minimum Gasteiger partial charge on any atom is -0.494 e. The first kappa shape index (κ1) is 19.4. The molecule has 5 nitrogen and oxygen atoms in total. The number of hydrogen-bond acceptors (Lipinski definition) is 4. The van der Waals surface area contributed by atoms with Crippen LogP contribution >= 0.6 is 0 Å². The lowest BCUT2D eigenvalue weighted by atomic mass is 9.94. The molecular formula is C23H22N2O3. The van der Waals surface area contributed by atoms with Crippen LogP contribution in [0.5, 0.6) is 5.88 Å². The van der Waals surface area contributed by atoms with E-state index in [0.717, 1.165) is 20.9 Å². The summed E-state index contributed by atoms with van der Waals surface area (Å²) in [5.41, 5.74) is 0.453. The Bertz CT molecular complexity index is 1160. The van der Waals surface area contributed by atoms with E-state index in [1.54, 1.807) is 6.92 Å². The Labute approximate surface area is 163 Å². The van der Waals surface area contributed by atoms with Gasteiger partial charge in [-0.15, -0.1) is 0 Å². The number of pyridine rings is 1. The third kappa shape index (κ3) is 3.18. The molecule has 0 bridgehead atoms. The zero-order valence-electron chi connectivity index (χ0n) is 16.2. The first-order chi connectivity index (χ1) is 13.4. The van der Waals surface area contributed by atoms with Crippen LogP contribution in [0.1, 0.15) is 53.4 Å². The van der Waals surface area contributed by atoms with E-state index in [-0.39, 0.29) is 40.8 Å². The zero-order chi connectivity index (χ0) is 20.4. The Balaban J connectivity index is 2.16. The second kappa shape index (κ2) is 7.69. The number of hydrogen-bond donors (Lipinski definition) is 1. The molecule has 0 saturated carbocycles. The van der Waals surface area contributed by atoms with Crippen molar-refractivity contribution in [3.8, 4) is 11.9 Å². The highest BCUT2D eigenvalue weighted by Gasteiger charge is 2.25. The second-order valence-electron chi connectivity index (χ2n) is 6.98. The number of Topliss-reactive ketones (excluding diaryl/α,β-unsaturated/α-hetero) is 1. The summed E-state index contributed by atoms with van der Waals surface area (Å²) in [6.07, 6.45) is 0.650. The number of nitriles is 1. The van der Waals surface area contributed by atoms with Gasteiger partial charge >= 0.3 is 0 Å². The fourth-order valence-corrected chi connectivity index (χ4v) is 3.56. The summed E-state index contributed by atoms with van der Waals surface area (Å²) in [6.45, 7) is 5.19. The fraction of sp³-hybridized carbons (Fsp3) is 0.261. The predicted molar refractivity (Wildman–Crippen MR) is 109 cm³/mol. The van der Waals surface area contributed by atoms with E-state index in [1.807, 2.05) is 55.5 Å². The topological polar surface area (TPSA) is 83.1 Å². The van der Waals surface area contributed by atoms with Crippen LogP contribution in [0.4, 0.5) is 0 Å². The molecule has 2 aromatic carbocycles. The van der Waals surface area contributed by atoms with Crippen molar-refractivity contribution in [2.75, 3.05) is 0 Å². The predicted octanol–water partition coefficient (Wildman–Crippen LogP) is 4.28. The largest absolute Gasteiger partial charge is 0.494 e. The van der Waals surface area contributed by atoms with Gasteiger partial charge in [-0.1, -0.05) is 49.4 Å². The monoisotopic (exact) mass is 374 g/mol. The standard InChI is InChI=1S/C23H22N2O3/c1-4-14(2)25-22(27)19(13-24)15(3)21(23(25)28)20(26)12-17-10-7-9-16-8-5-6-11-18(16)17/h5-11,14,28H,4,12H2,1-3H3. The van der Waals surface area contributed by atoms with E-state index in [9.17, 15) is 20.0 Å². The molecule has 28 heavy (non-hydrogen) atoms. The molecule has 0 aliphatic carbocycles. The molecule has 1 heterocycles. The van der Waals surface area contributed by atoms with Crippen LogP contribution in [0, 0.1) is 18.3 Å². The fourth-order valence-electron chi connectivity index (χ4n) is 3.56. The van der Waals surface area contributed by atoms with E-state index in [0.29, 0.717) is 6.42 Å². The van der Waals surface area contributed by atoms with E-state index in [2.05, 4.69) is 0 Å². The molecule has 0 radical (unpaired) electrons. The lowest BCUT2D eigenvalue weighted by Crippen LogP contribution is -2.29. The van der Waals surface area contributed by atoms with Crippen molar-refractivity contribution in [2.45, 2.75) is 39.7 Å². The van der Waals surface area contributed by atoms with E-state index >= 15 is 0 Å². The number of benzene rings is 2. The number of ketones is 1. The maximum Gasteiger partial charge on any atom is 0.271 e. The molecule has 142 valence electrons. The lowest BCUT2D eigenvalue weighted by Gasteiger charge is -2.19. The summed E-state index contributed by atoms with van der Waals surface area (Å²) in [5.74, 6) is -0.680. The maximum atomic E-state index is 13.2. The average Bonchev–Trinajstić information content (AvgIpc) is 2.68. The van der Waals surface area contributed by atoms with Crippen molar-refractivity contribution in [3.05, 3.63) is 75.1 Å². The molecule has 3 rings (SSSR count). The van der Waals surface area contributed by atoms with Gasteiger partial charge in [-0.3, -0.25) is 14.2 Å². The van der Waals surface area contributed by atoms with Gasteiger partial charge in [-0.05, 0) is 42.2 Å². The molecule has 0 amide bonds. The van der Waals surface area contributed by atoms with Gasteiger partial charge in [0, 0.05) is 12.5 Å². The summed E-state index contributed by atoms with van der Waals surface area (Å²) in [4.78, 5) is 25.8. The van der Waals surface area contributed by atoms with E-state index < -0.39 is 5.56 Å². The van der Waals surface area contributed by atoms with Crippen molar-refractivity contribution < 1.29 is 9.90 Å². The van der Waals surface area contributed by atoms with Gasteiger partial charge in [0.15, 0.2) is 5.78 Å². The molecule has 0 spiro atoms. The number of aromatic hydroxyl groups is 1. The number of carbonyl (C=O) groups is 1. The number of fused-ring (bicyclic) bond motifs is 1. The Morgan fingerprint density at radius 1 is 1.21 bits per heavy atom. The van der Waals surface area contributed by atoms with Crippen LogP contribution in [0.2, 0.25) is 0 Å². The van der Waals surface area contributed by atoms with Gasteiger partial charge in [0.25, 0.3) is 5.56 Å². The summed E-state index contributed by atoms with van der Waals surface area (Å²) in [5, 5.41) is 22.2. The molecule has 1 unspecified atom stereocenters. The minimum atomic E-state index is -0.562. The SMILES string of the molecule is CCC(C)n1c(O)c(C(=O)Cc2cccc3ccccc23)c(C)c(C#N)c1=O. The Kier molecular flexibility index (Phi) is 5.32. The van der Waals surface area contributed by atoms with Crippen LogP contribution in [-0.4, -0.2) is 15.5 Å². The molecule has 0 saturated heterocycles. The van der Waals surface area contributed by atoms with E-state index in [1.165, 1.54) is 6.92 Å². The van der Waals surface area contributed by atoms with Crippen molar-refractivity contribution in [1.29, 1.82) is 5.26 Å². The van der Waals surface area contributed by atoms with Crippen molar-refractivity contribution in [1.82, 2.24) is 4.57 Å². The van der Waals surface area contributed by atoms with Crippen LogP contribution in [0.25, 0.3) is 10.8 Å². The molecule has 5 heteroatoms. The highest BCUT2D eigenvalue weighted by molar-refractivity contribution is 6.03. The quantitative estimate of drug-likeness (QED) is 0.676. The number of carbonyl (C=O) groups excluding carboxylic acids is 1. The molecule has 1 N–H and O–H groups in total. The number of aromatic nitrogens is 1. The van der Waals surface area contributed by atoms with Crippen LogP contribution in [-0.2, 0) is 6.42 Å². The molecule has 1 atom stereocenters. The normalized spacial score (nSPS) is 11.9. The van der Waals surface area contributed by atoms with E-state index in [4.69, 9.17) is 0 Å². The molecule has 3 aromatic rings. The highest BCUT2D eigenvalue weighted by Crippen LogP contribution is 2.28. The molecule has 1 aromatic heterocycles. The van der Waals surface area contributed by atoms with Gasteiger partial charge in [-0.2, -0.15) is 5.26 Å². The molecular weight excluding hydrogens is 352 g/mol. The third-order valence-corrected chi connectivity index (χ3v) is 5.29. The third-order valence-electron chi connectivity index (χ3n) is 5.29. The minimum absolute atomic E-state index is 0.0457. The number of nitrogens with zero attached hydrogens (tertiary/aromatic N) is 2. The average molecular weight is 374 g/mol. The lowest BCUT2D eigenvalue weighted by molar-refractivity contribution is 0.0988. The summed E-state index contributed by atoms with van der Waals surface area (Å²) in [6, 6.07) is 15.1. The van der Waals surface area contributed by atoms with Gasteiger partial charge in [0.2, 0.25) is 5.88 Å². The van der Waals surface area contributed by atoms with Crippen LogP contribution in [0.3, 0.4) is 0 Å². The maximum absolute atomic E-state index is 13.2. The summed E-state index contributed by atoms with van der Waals surface area (Å²) in [7, 11) is 0. The summed E-state index contributed by atoms with van der Waals surface area (Å²) >= 11 is 0. The Hall–Kier alpha value is -3.39. The van der Waals surface area contributed by atoms with Crippen LogP contribution in [0.15, 0.2) is 47.3 Å². The first-order valence-corrected chi connectivity index (χ1v) is 9.28.